The van der Waals surface area contributed by atoms with Crippen molar-refractivity contribution in [2.75, 3.05) is 25.1 Å². The van der Waals surface area contributed by atoms with Crippen LogP contribution in [0.3, 0.4) is 0 Å². The predicted octanol–water partition coefficient (Wildman–Crippen LogP) is -0.596. The normalized spacial score (nSPS) is 22.8. The Hall–Kier alpha value is -1.11. The van der Waals surface area contributed by atoms with Gasteiger partial charge in [0.15, 0.2) is 0 Å². The number of amides is 2. The summed E-state index contributed by atoms with van der Waals surface area (Å²) >= 11 is 0. The maximum atomic E-state index is 12.1. The number of hydrogen-bond donors (Lipinski definition) is 1. The molecule has 18 heavy (non-hydrogen) atoms. The predicted molar refractivity (Wildman–Crippen MR) is 67.7 cm³/mol. The van der Waals surface area contributed by atoms with Crippen molar-refractivity contribution in [2.24, 2.45) is 5.92 Å². The van der Waals surface area contributed by atoms with Gasteiger partial charge in [-0.25, -0.2) is 8.42 Å². The van der Waals surface area contributed by atoms with E-state index in [0.29, 0.717) is 0 Å². The van der Waals surface area contributed by atoms with Crippen LogP contribution in [0.1, 0.15) is 20.3 Å². The fourth-order valence-electron chi connectivity index (χ4n) is 1.82. The zero-order valence-electron chi connectivity index (χ0n) is 11.0. The van der Waals surface area contributed by atoms with Crippen LogP contribution in [0.25, 0.3) is 0 Å². The largest absolute Gasteiger partial charge is 0.342 e. The van der Waals surface area contributed by atoms with Crippen molar-refractivity contribution >= 4 is 21.7 Å². The van der Waals surface area contributed by atoms with Gasteiger partial charge in [0, 0.05) is 12.8 Å². The Balaban J connectivity index is 2.73. The molecule has 1 heterocycles. The van der Waals surface area contributed by atoms with Crippen molar-refractivity contribution in [2.45, 2.75) is 26.3 Å². The van der Waals surface area contributed by atoms with Crippen LogP contribution in [0, 0.1) is 5.92 Å². The number of hydrogen-bond acceptors (Lipinski definition) is 4. The lowest BCUT2D eigenvalue weighted by atomic mass is 9.96. The van der Waals surface area contributed by atoms with Crippen molar-refractivity contribution in [1.29, 1.82) is 0 Å². The Labute approximate surface area is 108 Å². The molecular formula is C11H20N2O4S. The summed E-state index contributed by atoms with van der Waals surface area (Å²) in [6.45, 7) is 3.86. The van der Waals surface area contributed by atoms with E-state index in [0.717, 1.165) is 12.7 Å². The van der Waals surface area contributed by atoms with E-state index < -0.39 is 15.9 Å². The van der Waals surface area contributed by atoms with E-state index in [1.807, 2.05) is 13.8 Å². The molecule has 7 heteroatoms. The topological polar surface area (TPSA) is 83.6 Å². The maximum Gasteiger partial charge on any atom is 0.245 e. The smallest absolute Gasteiger partial charge is 0.245 e. The quantitative estimate of drug-likeness (QED) is 0.727. The van der Waals surface area contributed by atoms with Crippen LogP contribution in [-0.2, 0) is 19.4 Å². The lowest BCUT2D eigenvalue weighted by molar-refractivity contribution is -0.145. The summed E-state index contributed by atoms with van der Waals surface area (Å²) in [5, 5.41) is 2.66. The van der Waals surface area contributed by atoms with Gasteiger partial charge in [-0.2, -0.15) is 0 Å². The average molecular weight is 276 g/mol. The number of rotatable bonds is 5. The van der Waals surface area contributed by atoms with Crippen LogP contribution in [-0.4, -0.2) is 56.3 Å². The lowest BCUT2D eigenvalue weighted by Gasteiger charge is -2.35. The van der Waals surface area contributed by atoms with Crippen molar-refractivity contribution in [3.05, 3.63) is 0 Å². The Kier molecular flexibility index (Phi) is 4.72. The first-order valence-electron chi connectivity index (χ1n) is 6.00. The van der Waals surface area contributed by atoms with E-state index in [1.165, 1.54) is 4.90 Å². The number of nitrogens with zero attached hydrogens (tertiary/aromatic N) is 1. The van der Waals surface area contributed by atoms with Gasteiger partial charge in [0.05, 0.1) is 12.3 Å². The summed E-state index contributed by atoms with van der Waals surface area (Å²) in [5.74, 6) is -0.484. The van der Waals surface area contributed by atoms with E-state index in [2.05, 4.69) is 5.32 Å². The van der Waals surface area contributed by atoms with E-state index >= 15 is 0 Å². The van der Waals surface area contributed by atoms with Gasteiger partial charge in [0.25, 0.3) is 0 Å². The molecule has 2 amide bonds. The SMILES string of the molecule is CCC(C)C1NC(=O)CN(CCS(C)(=O)=O)C1=O. The zero-order valence-corrected chi connectivity index (χ0v) is 11.8. The molecule has 2 unspecified atom stereocenters. The molecular weight excluding hydrogens is 256 g/mol. The second-order valence-corrected chi connectivity index (χ2v) is 7.08. The van der Waals surface area contributed by atoms with Gasteiger partial charge in [0.1, 0.15) is 15.9 Å². The molecule has 1 N–H and O–H groups in total. The minimum Gasteiger partial charge on any atom is -0.342 e. The highest BCUT2D eigenvalue weighted by molar-refractivity contribution is 7.90. The fraction of sp³-hybridized carbons (Fsp3) is 0.818. The standard InChI is InChI=1S/C11H20N2O4S/c1-4-8(2)10-11(15)13(7-9(14)12-10)5-6-18(3,16)17/h8,10H,4-7H2,1-3H3,(H,12,14). The second-order valence-electron chi connectivity index (χ2n) is 4.82. The minimum absolute atomic E-state index is 0.0440. The van der Waals surface area contributed by atoms with Crippen LogP contribution in [0.2, 0.25) is 0 Å². The van der Waals surface area contributed by atoms with Crippen LogP contribution in [0.5, 0.6) is 0 Å². The monoisotopic (exact) mass is 276 g/mol. The molecule has 0 saturated carbocycles. The lowest BCUT2D eigenvalue weighted by Crippen LogP contribution is -2.60. The maximum absolute atomic E-state index is 12.1. The summed E-state index contributed by atoms with van der Waals surface area (Å²) in [4.78, 5) is 25.0. The first-order valence-corrected chi connectivity index (χ1v) is 8.06. The first kappa shape index (κ1) is 14.9. The van der Waals surface area contributed by atoms with Crippen LogP contribution in [0.4, 0.5) is 0 Å². The van der Waals surface area contributed by atoms with E-state index in [9.17, 15) is 18.0 Å². The van der Waals surface area contributed by atoms with Gasteiger partial charge in [-0.15, -0.1) is 0 Å². The van der Waals surface area contributed by atoms with E-state index in [-0.39, 0.29) is 36.6 Å². The molecule has 1 aliphatic rings. The van der Waals surface area contributed by atoms with Gasteiger partial charge in [-0.1, -0.05) is 20.3 Å². The molecule has 1 rings (SSSR count). The summed E-state index contributed by atoms with van der Waals surface area (Å²) in [7, 11) is -3.13. The molecule has 0 spiro atoms. The van der Waals surface area contributed by atoms with Crippen LogP contribution < -0.4 is 5.32 Å². The number of nitrogens with one attached hydrogen (secondary N) is 1. The first-order chi connectivity index (χ1) is 8.24. The van der Waals surface area contributed by atoms with E-state index in [4.69, 9.17) is 0 Å². The molecule has 104 valence electrons. The second kappa shape index (κ2) is 5.69. The fourth-order valence-corrected chi connectivity index (χ4v) is 2.37. The van der Waals surface area contributed by atoms with Crippen molar-refractivity contribution in [3.63, 3.8) is 0 Å². The third kappa shape index (κ3) is 3.97. The molecule has 1 aliphatic heterocycles. The molecule has 0 aromatic heterocycles. The highest BCUT2D eigenvalue weighted by Gasteiger charge is 2.35. The van der Waals surface area contributed by atoms with Gasteiger partial charge in [0.2, 0.25) is 11.8 Å². The van der Waals surface area contributed by atoms with Gasteiger partial charge < -0.3 is 10.2 Å². The Morgan fingerprint density at radius 1 is 1.44 bits per heavy atom. The Morgan fingerprint density at radius 3 is 2.56 bits per heavy atom. The molecule has 0 aromatic carbocycles. The van der Waals surface area contributed by atoms with E-state index in [1.54, 1.807) is 0 Å². The van der Waals surface area contributed by atoms with Crippen LogP contribution >= 0.6 is 0 Å². The summed E-state index contributed by atoms with van der Waals surface area (Å²) in [5.41, 5.74) is 0. The highest BCUT2D eigenvalue weighted by atomic mass is 32.2. The van der Waals surface area contributed by atoms with Crippen molar-refractivity contribution < 1.29 is 18.0 Å². The summed E-state index contributed by atoms with van der Waals surface area (Å²) < 4.78 is 22.2. The Bertz CT molecular complexity index is 432. The molecule has 0 bridgehead atoms. The summed E-state index contributed by atoms with van der Waals surface area (Å²) in [6, 6.07) is -0.532. The molecule has 1 fully saturated rings. The van der Waals surface area contributed by atoms with Crippen LogP contribution in [0.15, 0.2) is 0 Å². The number of sulfone groups is 1. The highest BCUT2D eigenvalue weighted by Crippen LogP contribution is 2.14. The molecule has 6 nitrogen and oxygen atoms in total. The molecule has 2 atom stereocenters. The minimum atomic E-state index is -3.13. The van der Waals surface area contributed by atoms with Crippen molar-refractivity contribution in [1.82, 2.24) is 10.2 Å². The van der Waals surface area contributed by atoms with Gasteiger partial charge >= 0.3 is 0 Å². The third-order valence-corrected chi connectivity index (χ3v) is 4.10. The third-order valence-electron chi connectivity index (χ3n) is 3.17. The molecule has 0 aliphatic carbocycles. The molecule has 1 saturated heterocycles. The van der Waals surface area contributed by atoms with Crippen molar-refractivity contribution in [3.8, 4) is 0 Å². The van der Waals surface area contributed by atoms with Gasteiger partial charge in [-0.3, -0.25) is 9.59 Å². The number of carbonyl (C=O) groups excluding carboxylic acids is 2. The molecule has 0 aromatic rings. The molecule has 0 radical (unpaired) electrons. The Morgan fingerprint density at radius 2 is 2.06 bits per heavy atom. The number of piperazine rings is 1. The average Bonchev–Trinajstić information content (AvgIpc) is 2.27. The number of carbonyl (C=O) groups is 2. The van der Waals surface area contributed by atoms with Gasteiger partial charge in [-0.05, 0) is 5.92 Å². The zero-order chi connectivity index (χ0) is 13.9. The summed E-state index contributed by atoms with van der Waals surface area (Å²) in [6.07, 6.45) is 1.89.